The van der Waals surface area contributed by atoms with Gasteiger partial charge in [0.15, 0.2) is 6.10 Å². The largest absolute Gasteiger partial charge is 0.469 e. The summed E-state index contributed by atoms with van der Waals surface area (Å²) in [4.78, 5) is 42.6. The first-order chi connectivity index (χ1) is 22.6. The minimum atomic E-state index is -4.77. The molecule has 0 aromatic heterocycles. The highest BCUT2D eigenvalue weighted by molar-refractivity contribution is 7.46. The van der Waals surface area contributed by atoms with Crippen molar-refractivity contribution in [3.8, 4) is 0 Å². The first kappa shape index (κ1) is 45.0. The molecule has 0 unspecified atom stereocenters. The minimum absolute atomic E-state index is 0.125. The van der Waals surface area contributed by atoms with Crippen LogP contribution in [0, 0.1) is 5.92 Å². The van der Waals surface area contributed by atoms with E-state index < -0.39 is 32.5 Å². The lowest BCUT2D eigenvalue weighted by atomic mass is 10.0. The summed E-state index contributed by atoms with van der Waals surface area (Å²) in [5, 5.41) is 8.76. The zero-order chi connectivity index (χ0) is 34.9. The van der Waals surface area contributed by atoms with Gasteiger partial charge in [0.25, 0.3) is 0 Å². The molecule has 0 saturated carbocycles. The number of aliphatic hydroxyl groups excluding tert-OH is 1. The molecule has 3 N–H and O–H groups in total. The Kier molecular flexibility index (Phi) is 31.1. The van der Waals surface area contributed by atoms with Gasteiger partial charge in [-0.25, -0.2) is 4.57 Å². The van der Waals surface area contributed by atoms with Gasteiger partial charge >= 0.3 is 19.8 Å². The standard InChI is InChI=1S/C37H65O9P/c1-34(2)28-24-20-16-13-14-17-21-25-29-36(39)44-32-35(33-45-47(41,42)43)46-37(40)30-26-22-18-12-10-8-6-4-3-5-7-9-11-15-19-23-27-31-38/h3,5-6,8-9,11-12,18,34-35,38H,4,7,10,13-17,19-33H2,1-2H3,(H2,41,42,43)/b5-3-,8-6-,11-9-,18-12-/t35-/m1/s1. The molecule has 0 aliphatic carbocycles. The molecule has 0 fully saturated rings. The number of esters is 2. The quantitative estimate of drug-likeness (QED) is 0.0274. The molecular weight excluding hydrogens is 619 g/mol. The minimum Gasteiger partial charge on any atom is -0.462 e. The highest BCUT2D eigenvalue weighted by Gasteiger charge is 2.22. The third-order valence-electron chi connectivity index (χ3n) is 7.33. The summed E-state index contributed by atoms with van der Waals surface area (Å²) in [6.45, 7) is 3.90. The van der Waals surface area contributed by atoms with Crippen LogP contribution in [0.4, 0.5) is 0 Å². The van der Waals surface area contributed by atoms with Gasteiger partial charge in [-0.05, 0) is 63.7 Å². The number of phosphoric ester groups is 1. The number of ether oxygens (including phenoxy) is 2. The topological polar surface area (TPSA) is 140 Å². The summed E-state index contributed by atoms with van der Waals surface area (Å²) in [5.41, 5.74) is 0. The van der Waals surface area contributed by atoms with Crippen LogP contribution in [-0.2, 0) is 28.2 Å². The molecule has 0 aromatic rings. The number of hydrogen-bond donors (Lipinski definition) is 3. The van der Waals surface area contributed by atoms with Gasteiger partial charge in [-0.3, -0.25) is 14.1 Å². The van der Waals surface area contributed by atoms with Crippen LogP contribution in [0.5, 0.6) is 0 Å². The second-order valence-electron chi connectivity index (χ2n) is 12.4. The van der Waals surface area contributed by atoms with E-state index in [0.717, 1.165) is 70.1 Å². The maximum atomic E-state index is 12.3. The van der Waals surface area contributed by atoms with Gasteiger partial charge in [0.05, 0.1) is 6.61 Å². The van der Waals surface area contributed by atoms with Crippen LogP contribution < -0.4 is 0 Å². The fourth-order valence-corrected chi connectivity index (χ4v) is 5.01. The molecule has 1 atom stereocenters. The second-order valence-corrected chi connectivity index (χ2v) is 13.6. The second kappa shape index (κ2) is 32.5. The molecule has 0 saturated heterocycles. The first-order valence-electron chi connectivity index (χ1n) is 17.9. The number of carbonyl (C=O) groups is 2. The normalized spacial score (nSPS) is 13.1. The number of hydrogen-bond acceptors (Lipinski definition) is 7. The predicted molar refractivity (Wildman–Crippen MR) is 190 cm³/mol. The van der Waals surface area contributed by atoms with Crippen molar-refractivity contribution in [2.75, 3.05) is 19.8 Å². The Morgan fingerprint density at radius 3 is 1.66 bits per heavy atom. The van der Waals surface area contributed by atoms with Crippen LogP contribution in [0.1, 0.15) is 142 Å². The highest BCUT2D eigenvalue weighted by Crippen LogP contribution is 2.35. The summed E-state index contributed by atoms with van der Waals surface area (Å²) in [6, 6.07) is 0. The van der Waals surface area contributed by atoms with E-state index in [1.54, 1.807) is 0 Å². The van der Waals surface area contributed by atoms with Crippen molar-refractivity contribution < 1.29 is 43.0 Å². The van der Waals surface area contributed by atoms with Gasteiger partial charge in [-0.2, -0.15) is 0 Å². The average molecular weight is 685 g/mol. The van der Waals surface area contributed by atoms with E-state index in [9.17, 15) is 14.2 Å². The fraction of sp³-hybridized carbons (Fsp3) is 0.730. The van der Waals surface area contributed by atoms with E-state index in [0.29, 0.717) is 19.3 Å². The van der Waals surface area contributed by atoms with E-state index in [-0.39, 0.29) is 26.1 Å². The van der Waals surface area contributed by atoms with E-state index in [4.69, 9.17) is 24.4 Å². The van der Waals surface area contributed by atoms with Crippen LogP contribution in [-0.4, -0.2) is 52.8 Å². The van der Waals surface area contributed by atoms with Crippen LogP contribution in [0.3, 0.4) is 0 Å². The van der Waals surface area contributed by atoms with Crippen molar-refractivity contribution in [3.05, 3.63) is 48.6 Å². The molecule has 0 heterocycles. The third-order valence-corrected chi connectivity index (χ3v) is 7.82. The Morgan fingerprint density at radius 1 is 0.617 bits per heavy atom. The van der Waals surface area contributed by atoms with Crippen molar-refractivity contribution in [1.82, 2.24) is 0 Å². The Hall–Kier alpha value is -2.03. The molecule has 0 amide bonds. The SMILES string of the molecule is CC(C)CCCCCCCCCCC(=O)OC[C@H](COP(=O)(O)O)OC(=O)CCC/C=C\C/C=C\C/C=C\C/C=C\CCCCCO. The van der Waals surface area contributed by atoms with Crippen molar-refractivity contribution in [2.24, 2.45) is 5.92 Å². The third kappa shape index (κ3) is 36.7. The van der Waals surface area contributed by atoms with Gasteiger partial charge in [0.1, 0.15) is 6.61 Å². The smallest absolute Gasteiger partial charge is 0.462 e. The lowest BCUT2D eigenvalue weighted by Crippen LogP contribution is -2.29. The van der Waals surface area contributed by atoms with Crippen LogP contribution in [0.15, 0.2) is 48.6 Å². The van der Waals surface area contributed by atoms with Crippen molar-refractivity contribution in [2.45, 2.75) is 148 Å². The highest BCUT2D eigenvalue weighted by atomic mass is 31.2. The number of carbonyl (C=O) groups excluding carboxylic acids is 2. The van der Waals surface area contributed by atoms with Crippen LogP contribution in [0.25, 0.3) is 0 Å². The molecule has 0 rings (SSSR count). The van der Waals surface area contributed by atoms with Gasteiger partial charge in [0.2, 0.25) is 0 Å². The van der Waals surface area contributed by atoms with E-state index in [2.05, 4.69) is 54.8 Å². The maximum Gasteiger partial charge on any atom is 0.469 e. The van der Waals surface area contributed by atoms with Gasteiger partial charge < -0.3 is 24.4 Å². The van der Waals surface area contributed by atoms with Crippen LogP contribution in [0.2, 0.25) is 0 Å². The van der Waals surface area contributed by atoms with E-state index in [1.807, 2.05) is 12.2 Å². The predicted octanol–water partition coefficient (Wildman–Crippen LogP) is 9.23. The number of unbranched alkanes of at least 4 members (excludes halogenated alkanes) is 11. The van der Waals surface area contributed by atoms with Gasteiger partial charge in [0, 0.05) is 19.4 Å². The summed E-state index contributed by atoms with van der Waals surface area (Å²) in [6.07, 6.45) is 34.4. The summed E-state index contributed by atoms with van der Waals surface area (Å²) < 4.78 is 26.2. The molecular formula is C37H65O9P. The molecule has 10 heteroatoms. The van der Waals surface area contributed by atoms with E-state index in [1.165, 1.54) is 32.1 Å². The number of rotatable bonds is 32. The molecule has 0 aromatic carbocycles. The first-order valence-corrected chi connectivity index (χ1v) is 19.4. The summed E-state index contributed by atoms with van der Waals surface area (Å²) >= 11 is 0. The van der Waals surface area contributed by atoms with Crippen LogP contribution >= 0.6 is 7.82 Å². The Morgan fingerprint density at radius 2 is 1.11 bits per heavy atom. The number of aliphatic hydroxyl groups is 1. The molecule has 9 nitrogen and oxygen atoms in total. The molecule has 0 spiro atoms. The Bertz CT molecular complexity index is 921. The summed E-state index contributed by atoms with van der Waals surface area (Å²) in [7, 11) is -4.77. The van der Waals surface area contributed by atoms with Crippen molar-refractivity contribution in [1.29, 1.82) is 0 Å². The average Bonchev–Trinajstić information content (AvgIpc) is 3.02. The Labute approximate surface area is 285 Å². The maximum absolute atomic E-state index is 12.3. The monoisotopic (exact) mass is 684 g/mol. The molecule has 0 bridgehead atoms. The number of allylic oxidation sites excluding steroid dienone is 8. The lowest BCUT2D eigenvalue weighted by Gasteiger charge is -2.18. The summed E-state index contributed by atoms with van der Waals surface area (Å²) in [5.74, 6) is -0.203. The van der Waals surface area contributed by atoms with Gasteiger partial charge in [-0.1, -0.05) is 120 Å². The van der Waals surface area contributed by atoms with Crippen molar-refractivity contribution in [3.63, 3.8) is 0 Å². The molecule has 0 aliphatic rings. The zero-order valence-corrected chi connectivity index (χ0v) is 30.2. The van der Waals surface area contributed by atoms with Crippen molar-refractivity contribution >= 4 is 19.8 Å². The lowest BCUT2D eigenvalue weighted by molar-refractivity contribution is -0.161. The van der Waals surface area contributed by atoms with Gasteiger partial charge in [-0.15, -0.1) is 0 Å². The molecule has 0 radical (unpaired) electrons. The molecule has 272 valence electrons. The zero-order valence-electron chi connectivity index (χ0n) is 29.3. The van der Waals surface area contributed by atoms with E-state index >= 15 is 0 Å². The Balaban J connectivity index is 4.11. The molecule has 47 heavy (non-hydrogen) atoms. The molecule has 0 aliphatic heterocycles. The number of phosphoric acid groups is 1. The fourth-order valence-electron chi connectivity index (χ4n) is 4.65.